The minimum atomic E-state index is -4.28. The van der Waals surface area contributed by atoms with Gasteiger partial charge in [-0.3, -0.25) is 9.59 Å². The number of aromatic carboxylic acids is 1. The Morgan fingerprint density at radius 3 is 2.08 bits per heavy atom. The van der Waals surface area contributed by atoms with E-state index >= 15 is 0 Å². The molecule has 0 aliphatic rings. The van der Waals surface area contributed by atoms with Crippen molar-refractivity contribution in [1.29, 1.82) is 5.26 Å². The van der Waals surface area contributed by atoms with E-state index in [1.54, 1.807) is 12.1 Å². The Bertz CT molecular complexity index is 1490. The van der Waals surface area contributed by atoms with Crippen LogP contribution in [0.2, 0.25) is 0 Å². The molecule has 2 amide bonds. The minimum Gasteiger partial charge on any atom is -0.478 e. The molecule has 0 saturated carbocycles. The summed E-state index contributed by atoms with van der Waals surface area (Å²) in [4.78, 5) is 34.5. The van der Waals surface area contributed by atoms with Crippen LogP contribution in [0.5, 0.6) is 5.75 Å². The zero-order valence-corrected chi connectivity index (χ0v) is 19.6. The van der Waals surface area contributed by atoms with Crippen LogP contribution in [-0.2, 0) is 19.7 Å². The summed E-state index contributed by atoms with van der Waals surface area (Å²) in [5, 5.41) is 23.5. The summed E-state index contributed by atoms with van der Waals surface area (Å²) in [6.45, 7) is 1.32. The molecule has 3 rings (SSSR count). The summed E-state index contributed by atoms with van der Waals surface area (Å²) >= 11 is 0. The summed E-state index contributed by atoms with van der Waals surface area (Å²) in [6.07, 6.45) is 1.17. The van der Waals surface area contributed by atoms with E-state index in [1.165, 1.54) is 79.7 Å². The van der Waals surface area contributed by atoms with Gasteiger partial charge >= 0.3 is 16.1 Å². The quantitative estimate of drug-likeness (QED) is 0.237. The first-order valence-electron chi connectivity index (χ1n) is 10.3. The zero-order chi connectivity index (χ0) is 26.3. The molecule has 0 fully saturated rings. The highest BCUT2D eigenvalue weighted by Gasteiger charge is 2.19. The van der Waals surface area contributed by atoms with E-state index in [1.807, 2.05) is 0 Å². The van der Waals surface area contributed by atoms with Gasteiger partial charge in [0.25, 0.3) is 5.91 Å². The number of nitriles is 1. The number of amides is 2. The first-order valence-corrected chi connectivity index (χ1v) is 11.7. The molecule has 3 N–H and O–H groups in total. The second-order valence-electron chi connectivity index (χ2n) is 7.29. The van der Waals surface area contributed by atoms with Crippen LogP contribution in [0.25, 0.3) is 6.08 Å². The summed E-state index contributed by atoms with van der Waals surface area (Å²) in [6, 6.07) is 18.4. The number of hydrogen-bond acceptors (Lipinski definition) is 7. The lowest BCUT2D eigenvalue weighted by Crippen LogP contribution is -2.14. The molecular formula is C25H19N3O7S. The van der Waals surface area contributed by atoms with Gasteiger partial charge in [-0.1, -0.05) is 18.2 Å². The number of carbonyl (C=O) groups is 3. The van der Waals surface area contributed by atoms with Gasteiger partial charge in [-0.05, 0) is 60.7 Å². The highest BCUT2D eigenvalue weighted by molar-refractivity contribution is 7.87. The van der Waals surface area contributed by atoms with Gasteiger partial charge in [0.15, 0.2) is 0 Å². The maximum Gasteiger partial charge on any atom is 0.339 e. The van der Waals surface area contributed by atoms with Crippen LogP contribution in [0, 0.1) is 11.3 Å². The van der Waals surface area contributed by atoms with Crippen LogP contribution in [0.4, 0.5) is 11.4 Å². The average molecular weight is 506 g/mol. The van der Waals surface area contributed by atoms with E-state index in [0.717, 1.165) is 0 Å². The molecule has 182 valence electrons. The highest BCUT2D eigenvalue weighted by atomic mass is 32.2. The van der Waals surface area contributed by atoms with E-state index in [4.69, 9.17) is 9.29 Å². The number of hydrogen-bond donors (Lipinski definition) is 3. The van der Waals surface area contributed by atoms with Crippen LogP contribution in [0.1, 0.15) is 22.8 Å². The molecule has 0 atom stereocenters. The first kappa shape index (κ1) is 25.7. The van der Waals surface area contributed by atoms with E-state index in [0.29, 0.717) is 5.69 Å². The lowest BCUT2D eigenvalue weighted by atomic mass is 10.1. The Hall–Kier alpha value is -4.95. The maximum atomic E-state index is 12.8. The molecule has 0 radical (unpaired) electrons. The Labute approximate surface area is 206 Å². The van der Waals surface area contributed by atoms with E-state index in [9.17, 15) is 28.1 Å². The van der Waals surface area contributed by atoms with Crippen molar-refractivity contribution in [2.24, 2.45) is 0 Å². The number of carbonyl (C=O) groups excluding carboxylic acids is 2. The standard InChI is InChI=1S/C25H19N3O7S/c1-16(29)27-20-10-12-22(13-11-20)36(33,34)35-23-5-3-2-4-18(23)14-19(15-26)24(30)28-21-8-6-17(7-9-21)25(31)32/h2-14H,1H3,(H,27,29)(H,28,30)(H,31,32)/b19-14+. The fourth-order valence-electron chi connectivity index (χ4n) is 2.95. The van der Waals surface area contributed by atoms with E-state index < -0.39 is 22.0 Å². The maximum absolute atomic E-state index is 12.8. The van der Waals surface area contributed by atoms with Crippen LogP contribution >= 0.6 is 0 Å². The van der Waals surface area contributed by atoms with Crippen molar-refractivity contribution >= 4 is 45.4 Å². The molecule has 0 bridgehead atoms. The Kier molecular flexibility index (Phi) is 7.83. The predicted molar refractivity (Wildman–Crippen MR) is 131 cm³/mol. The number of benzene rings is 3. The fourth-order valence-corrected chi connectivity index (χ4v) is 3.90. The van der Waals surface area contributed by atoms with Crippen LogP contribution in [-0.4, -0.2) is 31.3 Å². The summed E-state index contributed by atoms with van der Waals surface area (Å²) in [5.41, 5.74) is 0.517. The molecule has 3 aromatic carbocycles. The number of carboxylic acid groups (broad SMARTS) is 1. The molecule has 0 heterocycles. The molecule has 0 saturated heterocycles. The molecule has 0 spiro atoms. The van der Waals surface area contributed by atoms with Gasteiger partial charge in [0.1, 0.15) is 22.3 Å². The smallest absolute Gasteiger partial charge is 0.339 e. The minimum absolute atomic E-state index is 0.0288. The van der Waals surface area contributed by atoms with Crippen molar-refractivity contribution in [3.63, 3.8) is 0 Å². The molecule has 11 heteroatoms. The third kappa shape index (κ3) is 6.55. The SMILES string of the molecule is CC(=O)Nc1ccc(S(=O)(=O)Oc2ccccc2/C=C(\C#N)C(=O)Nc2ccc(C(=O)O)cc2)cc1. The topological polar surface area (TPSA) is 163 Å². The lowest BCUT2D eigenvalue weighted by molar-refractivity contribution is -0.114. The van der Waals surface area contributed by atoms with Crippen LogP contribution < -0.4 is 14.8 Å². The highest BCUT2D eigenvalue weighted by Crippen LogP contribution is 2.26. The van der Waals surface area contributed by atoms with E-state index in [-0.39, 0.29) is 38.9 Å². The van der Waals surface area contributed by atoms with E-state index in [2.05, 4.69) is 10.6 Å². The summed E-state index contributed by atoms with van der Waals surface area (Å²) < 4.78 is 30.8. The first-order chi connectivity index (χ1) is 17.1. The average Bonchev–Trinajstić information content (AvgIpc) is 2.83. The second kappa shape index (κ2) is 11.0. The van der Waals surface area contributed by atoms with Crippen molar-refractivity contribution in [2.75, 3.05) is 10.6 Å². The third-order valence-electron chi connectivity index (χ3n) is 4.64. The van der Waals surface area contributed by atoms with Crippen molar-refractivity contribution < 1.29 is 32.1 Å². The molecule has 36 heavy (non-hydrogen) atoms. The molecule has 10 nitrogen and oxygen atoms in total. The largest absolute Gasteiger partial charge is 0.478 e. The van der Waals surface area contributed by atoms with Gasteiger partial charge in [0, 0.05) is 23.9 Å². The van der Waals surface area contributed by atoms with Gasteiger partial charge in [0.2, 0.25) is 5.91 Å². The molecule has 0 aliphatic heterocycles. The number of nitrogens with zero attached hydrogens (tertiary/aromatic N) is 1. The number of para-hydroxylation sites is 1. The molecule has 0 unspecified atom stereocenters. The molecule has 0 aromatic heterocycles. The second-order valence-corrected chi connectivity index (χ2v) is 8.83. The molecular weight excluding hydrogens is 486 g/mol. The number of carboxylic acids is 1. The molecule has 0 aliphatic carbocycles. The number of nitrogens with one attached hydrogen (secondary N) is 2. The summed E-state index contributed by atoms with van der Waals surface area (Å²) in [7, 11) is -4.28. The lowest BCUT2D eigenvalue weighted by Gasteiger charge is -2.11. The van der Waals surface area contributed by atoms with Gasteiger partial charge in [-0.25, -0.2) is 4.79 Å². The van der Waals surface area contributed by atoms with Crippen molar-refractivity contribution in [2.45, 2.75) is 11.8 Å². The third-order valence-corrected chi connectivity index (χ3v) is 5.88. The number of rotatable bonds is 8. The fraction of sp³-hybridized carbons (Fsp3) is 0.0400. The zero-order valence-electron chi connectivity index (χ0n) is 18.8. The van der Waals surface area contributed by atoms with Gasteiger partial charge in [-0.15, -0.1) is 0 Å². The van der Waals surface area contributed by atoms with Gasteiger partial charge in [-0.2, -0.15) is 13.7 Å². The molecule has 3 aromatic rings. The summed E-state index contributed by atoms with van der Waals surface area (Å²) in [5.74, 6) is -2.33. The van der Waals surface area contributed by atoms with Gasteiger partial charge in [0.05, 0.1) is 5.56 Å². The van der Waals surface area contributed by atoms with Gasteiger partial charge < -0.3 is 19.9 Å². The van der Waals surface area contributed by atoms with Crippen molar-refractivity contribution in [1.82, 2.24) is 0 Å². The Morgan fingerprint density at radius 2 is 1.50 bits per heavy atom. The van der Waals surface area contributed by atoms with Crippen molar-refractivity contribution in [3.05, 3.63) is 89.5 Å². The normalized spacial score (nSPS) is 11.2. The van der Waals surface area contributed by atoms with Crippen LogP contribution in [0.15, 0.2) is 83.3 Å². The number of anilines is 2. The Morgan fingerprint density at radius 1 is 0.917 bits per heavy atom. The van der Waals surface area contributed by atoms with Crippen molar-refractivity contribution in [3.8, 4) is 11.8 Å². The van der Waals surface area contributed by atoms with Crippen LogP contribution in [0.3, 0.4) is 0 Å². The predicted octanol–water partition coefficient (Wildman–Crippen LogP) is 3.66. The monoisotopic (exact) mass is 505 g/mol. The Balaban J connectivity index is 1.83.